The maximum absolute atomic E-state index is 8.97. The molecular weight excluding hydrogens is 316 g/mol. The summed E-state index contributed by atoms with van der Waals surface area (Å²) in [4.78, 5) is 9.16. The predicted molar refractivity (Wildman–Crippen MR) is 101 cm³/mol. The normalized spacial score (nSPS) is 10.6. The summed E-state index contributed by atoms with van der Waals surface area (Å²) in [6.07, 6.45) is 0.667. The van der Waals surface area contributed by atoms with Gasteiger partial charge in [0.1, 0.15) is 11.6 Å². The monoisotopic (exact) mass is 338 g/mol. The van der Waals surface area contributed by atoms with Crippen LogP contribution in [0, 0.1) is 0 Å². The third kappa shape index (κ3) is 4.36. The second-order valence-corrected chi connectivity index (χ2v) is 5.50. The smallest absolute Gasteiger partial charge is 0.229 e. The molecule has 0 aliphatic carbocycles. The van der Waals surface area contributed by atoms with Gasteiger partial charge < -0.3 is 20.5 Å². The van der Waals surface area contributed by atoms with Crippen LogP contribution >= 0.6 is 0 Å². The van der Waals surface area contributed by atoms with Crippen LogP contribution in [0.1, 0.15) is 13.3 Å². The van der Waals surface area contributed by atoms with Crippen molar-refractivity contribution in [1.29, 1.82) is 0 Å². The number of rotatable bonds is 8. The first kappa shape index (κ1) is 17.0. The maximum Gasteiger partial charge on any atom is 0.229 e. The van der Waals surface area contributed by atoms with Crippen molar-refractivity contribution in [2.75, 3.05) is 30.4 Å². The van der Waals surface area contributed by atoms with Crippen molar-refractivity contribution >= 4 is 28.4 Å². The van der Waals surface area contributed by atoms with Gasteiger partial charge in [-0.2, -0.15) is 4.98 Å². The lowest BCUT2D eigenvalue weighted by Crippen LogP contribution is -2.08. The number of anilines is 3. The zero-order valence-electron chi connectivity index (χ0n) is 14.2. The van der Waals surface area contributed by atoms with Gasteiger partial charge in [0.2, 0.25) is 5.95 Å². The predicted octanol–water partition coefficient (Wildman–Crippen LogP) is 3.57. The molecule has 3 rings (SSSR count). The Balaban J connectivity index is 1.85. The van der Waals surface area contributed by atoms with Gasteiger partial charge in [0, 0.05) is 24.2 Å². The molecule has 0 fully saturated rings. The summed E-state index contributed by atoms with van der Waals surface area (Å²) in [5, 5.41) is 16.4. The number of nitrogens with zero attached hydrogens (tertiary/aromatic N) is 2. The summed E-state index contributed by atoms with van der Waals surface area (Å²) in [5.41, 5.74) is 1.75. The van der Waals surface area contributed by atoms with E-state index >= 15 is 0 Å². The van der Waals surface area contributed by atoms with Crippen molar-refractivity contribution < 1.29 is 9.84 Å². The molecule has 1 aromatic heterocycles. The van der Waals surface area contributed by atoms with Crippen molar-refractivity contribution in [3.63, 3.8) is 0 Å². The second kappa shape index (κ2) is 8.30. The third-order valence-electron chi connectivity index (χ3n) is 3.65. The van der Waals surface area contributed by atoms with E-state index in [1.165, 1.54) is 0 Å². The van der Waals surface area contributed by atoms with Crippen LogP contribution < -0.4 is 15.4 Å². The lowest BCUT2D eigenvalue weighted by Gasteiger charge is -2.12. The molecule has 0 unspecified atom stereocenters. The molecule has 0 saturated carbocycles. The van der Waals surface area contributed by atoms with Crippen LogP contribution in [-0.2, 0) is 0 Å². The van der Waals surface area contributed by atoms with Crippen molar-refractivity contribution in [2.45, 2.75) is 13.3 Å². The van der Waals surface area contributed by atoms with Crippen molar-refractivity contribution in [2.24, 2.45) is 0 Å². The number of benzene rings is 2. The highest BCUT2D eigenvalue weighted by Gasteiger charge is 2.07. The van der Waals surface area contributed by atoms with Gasteiger partial charge in [-0.15, -0.1) is 0 Å². The van der Waals surface area contributed by atoms with Crippen molar-refractivity contribution in [3.8, 4) is 5.75 Å². The fraction of sp³-hybridized carbons (Fsp3) is 0.263. The Morgan fingerprint density at radius 3 is 2.60 bits per heavy atom. The number of fused-ring (bicyclic) bond motifs is 1. The van der Waals surface area contributed by atoms with E-state index in [0.29, 0.717) is 25.5 Å². The highest BCUT2D eigenvalue weighted by atomic mass is 16.5. The quantitative estimate of drug-likeness (QED) is 0.545. The van der Waals surface area contributed by atoms with Crippen LogP contribution in [0.25, 0.3) is 10.9 Å². The fourth-order valence-corrected chi connectivity index (χ4v) is 2.48. The topological polar surface area (TPSA) is 79.3 Å². The van der Waals surface area contributed by atoms with Crippen LogP contribution in [0.4, 0.5) is 17.5 Å². The van der Waals surface area contributed by atoms with Gasteiger partial charge >= 0.3 is 0 Å². The standard InChI is InChI=1S/C19H22N4O2/c1-2-25-15-10-8-14(9-11-15)21-19-22-17-7-4-3-6-16(17)18(23-19)20-12-5-13-24/h3-4,6-11,24H,2,5,12-13H2,1H3,(H2,20,21,22,23). The minimum absolute atomic E-state index is 0.146. The van der Waals surface area contributed by atoms with E-state index in [4.69, 9.17) is 9.84 Å². The SMILES string of the molecule is CCOc1ccc(Nc2nc(NCCCO)c3ccccc3n2)cc1. The zero-order chi connectivity index (χ0) is 17.5. The molecule has 1 heterocycles. The third-order valence-corrected chi connectivity index (χ3v) is 3.65. The van der Waals surface area contributed by atoms with E-state index in [-0.39, 0.29) is 6.61 Å². The number of aliphatic hydroxyl groups is 1. The van der Waals surface area contributed by atoms with Crippen LogP contribution in [0.3, 0.4) is 0 Å². The van der Waals surface area contributed by atoms with E-state index in [1.807, 2.05) is 55.5 Å². The summed E-state index contributed by atoms with van der Waals surface area (Å²) in [6.45, 7) is 3.40. The number of ether oxygens (including phenoxy) is 1. The highest BCUT2D eigenvalue weighted by Crippen LogP contribution is 2.24. The van der Waals surface area contributed by atoms with Crippen LogP contribution in [0.5, 0.6) is 5.75 Å². The molecule has 2 aromatic carbocycles. The summed E-state index contributed by atoms with van der Waals surface area (Å²) >= 11 is 0. The number of para-hydroxylation sites is 1. The molecule has 0 saturated heterocycles. The Bertz CT molecular complexity index is 821. The second-order valence-electron chi connectivity index (χ2n) is 5.50. The zero-order valence-corrected chi connectivity index (χ0v) is 14.2. The molecule has 0 atom stereocenters. The van der Waals surface area contributed by atoms with E-state index in [1.54, 1.807) is 0 Å². The minimum atomic E-state index is 0.146. The van der Waals surface area contributed by atoms with Crippen molar-refractivity contribution in [3.05, 3.63) is 48.5 Å². The average molecular weight is 338 g/mol. The molecule has 0 spiro atoms. The lowest BCUT2D eigenvalue weighted by atomic mass is 10.2. The molecule has 0 amide bonds. The summed E-state index contributed by atoms with van der Waals surface area (Å²) < 4.78 is 5.45. The van der Waals surface area contributed by atoms with Gasteiger partial charge in [0.15, 0.2) is 0 Å². The van der Waals surface area contributed by atoms with Gasteiger partial charge in [0.05, 0.1) is 12.1 Å². The molecule has 0 aliphatic heterocycles. The molecule has 0 bridgehead atoms. The Morgan fingerprint density at radius 1 is 1.04 bits per heavy atom. The number of hydrogen-bond acceptors (Lipinski definition) is 6. The first-order chi connectivity index (χ1) is 12.3. The first-order valence-electron chi connectivity index (χ1n) is 8.41. The molecule has 130 valence electrons. The molecular formula is C19H22N4O2. The van der Waals surface area contributed by atoms with Gasteiger partial charge in [-0.05, 0) is 49.7 Å². The number of hydrogen-bond donors (Lipinski definition) is 3. The van der Waals surface area contributed by atoms with Gasteiger partial charge in [-0.25, -0.2) is 4.98 Å². The van der Waals surface area contributed by atoms with Gasteiger partial charge in [-0.3, -0.25) is 0 Å². The summed E-state index contributed by atoms with van der Waals surface area (Å²) in [6, 6.07) is 15.5. The lowest BCUT2D eigenvalue weighted by molar-refractivity contribution is 0.292. The molecule has 6 heteroatoms. The molecule has 3 aromatic rings. The molecule has 3 N–H and O–H groups in total. The van der Waals surface area contributed by atoms with Crippen LogP contribution in [0.15, 0.2) is 48.5 Å². The van der Waals surface area contributed by atoms with Crippen LogP contribution in [0.2, 0.25) is 0 Å². The minimum Gasteiger partial charge on any atom is -0.494 e. The maximum atomic E-state index is 8.97. The summed E-state index contributed by atoms with van der Waals surface area (Å²) in [7, 11) is 0. The number of aromatic nitrogens is 2. The van der Waals surface area contributed by atoms with Crippen molar-refractivity contribution in [1.82, 2.24) is 9.97 Å². The summed E-state index contributed by atoms with van der Waals surface area (Å²) in [5.74, 6) is 2.11. The number of aliphatic hydroxyl groups excluding tert-OH is 1. The molecule has 6 nitrogen and oxygen atoms in total. The highest BCUT2D eigenvalue weighted by molar-refractivity contribution is 5.90. The van der Waals surface area contributed by atoms with E-state index in [9.17, 15) is 0 Å². The van der Waals surface area contributed by atoms with Crippen LogP contribution in [-0.4, -0.2) is 34.8 Å². The Hall–Kier alpha value is -2.86. The van der Waals surface area contributed by atoms with Gasteiger partial charge in [-0.1, -0.05) is 12.1 Å². The molecule has 0 radical (unpaired) electrons. The van der Waals surface area contributed by atoms with E-state index in [2.05, 4.69) is 20.6 Å². The van der Waals surface area contributed by atoms with E-state index < -0.39 is 0 Å². The largest absolute Gasteiger partial charge is 0.494 e. The average Bonchev–Trinajstić information content (AvgIpc) is 2.64. The van der Waals surface area contributed by atoms with Gasteiger partial charge in [0.25, 0.3) is 0 Å². The first-order valence-corrected chi connectivity index (χ1v) is 8.41. The fourth-order valence-electron chi connectivity index (χ4n) is 2.48. The number of nitrogens with one attached hydrogen (secondary N) is 2. The molecule has 25 heavy (non-hydrogen) atoms. The Labute approximate surface area is 146 Å². The molecule has 0 aliphatic rings. The van der Waals surface area contributed by atoms with E-state index in [0.717, 1.165) is 28.2 Å². The Morgan fingerprint density at radius 2 is 1.84 bits per heavy atom. The Kier molecular flexibility index (Phi) is 5.64.